The maximum absolute atomic E-state index is 12.4. The average molecular weight is 397 g/mol. The van der Waals surface area contributed by atoms with Crippen LogP contribution in [0.4, 0.5) is 0 Å². The van der Waals surface area contributed by atoms with E-state index in [0.29, 0.717) is 21.3 Å². The number of ether oxygens (including phenoxy) is 1. The van der Waals surface area contributed by atoms with Gasteiger partial charge in [-0.1, -0.05) is 23.7 Å². The Morgan fingerprint density at radius 3 is 2.89 bits per heavy atom. The fourth-order valence-electron chi connectivity index (χ4n) is 2.56. The van der Waals surface area contributed by atoms with Crippen molar-refractivity contribution in [2.75, 3.05) is 7.11 Å². The number of carbonyl (C=O) groups excluding carboxylic acids is 1. The summed E-state index contributed by atoms with van der Waals surface area (Å²) >= 11 is 7.63. The molecule has 0 bridgehead atoms. The number of aromatic nitrogens is 2. The van der Waals surface area contributed by atoms with E-state index in [1.165, 1.54) is 17.6 Å². The van der Waals surface area contributed by atoms with E-state index in [0.717, 1.165) is 21.1 Å². The van der Waals surface area contributed by atoms with Gasteiger partial charge in [-0.05, 0) is 30.3 Å². The van der Waals surface area contributed by atoms with E-state index in [4.69, 9.17) is 16.3 Å². The Morgan fingerprint density at radius 2 is 2.07 bits per heavy atom. The monoisotopic (exact) mass is 396 g/mol. The smallest absolute Gasteiger partial charge is 0.283 e. The fourth-order valence-corrected chi connectivity index (χ4v) is 4.00. The topological polar surface area (TPSA) is 76.5 Å². The second kappa shape index (κ2) is 7.30. The van der Waals surface area contributed by atoms with Crippen LogP contribution in [0.3, 0.4) is 0 Å². The van der Waals surface area contributed by atoms with Crippen LogP contribution in [-0.2, 0) is 0 Å². The Morgan fingerprint density at radius 1 is 1.26 bits per heavy atom. The van der Waals surface area contributed by atoms with Crippen LogP contribution in [0.15, 0.2) is 53.8 Å². The van der Waals surface area contributed by atoms with Crippen LogP contribution < -0.4 is 10.2 Å². The van der Waals surface area contributed by atoms with Crippen LogP contribution in [0.2, 0.25) is 5.02 Å². The summed E-state index contributed by atoms with van der Waals surface area (Å²) in [5, 5.41) is 5.17. The lowest BCUT2D eigenvalue weighted by atomic mass is 10.2. The molecule has 134 valence electrons. The molecule has 2 aromatic carbocycles. The molecular weight excluding hydrogens is 384 g/mol. The highest BCUT2D eigenvalue weighted by Crippen LogP contribution is 2.37. The van der Waals surface area contributed by atoms with Gasteiger partial charge in [0, 0.05) is 10.1 Å². The maximum Gasteiger partial charge on any atom is 0.283 e. The molecule has 2 heterocycles. The van der Waals surface area contributed by atoms with E-state index < -0.39 is 0 Å². The molecule has 0 fully saturated rings. The number of nitrogens with zero attached hydrogens (tertiary/aromatic N) is 3. The van der Waals surface area contributed by atoms with Crippen molar-refractivity contribution in [3.8, 4) is 5.75 Å². The summed E-state index contributed by atoms with van der Waals surface area (Å²) in [4.78, 5) is 21.5. The zero-order chi connectivity index (χ0) is 18.8. The minimum atomic E-state index is -0.384. The van der Waals surface area contributed by atoms with Gasteiger partial charge in [0.2, 0.25) is 0 Å². The van der Waals surface area contributed by atoms with E-state index in [9.17, 15) is 4.79 Å². The van der Waals surface area contributed by atoms with Crippen LogP contribution >= 0.6 is 22.9 Å². The van der Waals surface area contributed by atoms with Gasteiger partial charge in [0.05, 0.1) is 35.6 Å². The van der Waals surface area contributed by atoms with E-state index in [-0.39, 0.29) is 5.91 Å². The van der Waals surface area contributed by atoms with E-state index in [1.807, 2.05) is 36.4 Å². The summed E-state index contributed by atoms with van der Waals surface area (Å²) in [5.41, 5.74) is 4.58. The van der Waals surface area contributed by atoms with Gasteiger partial charge in [0.1, 0.15) is 16.3 Å². The number of halogens is 1. The third-order valence-corrected chi connectivity index (χ3v) is 5.53. The Labute approximate surface area is 163 Å². The van der Waals surface area contributed by atoms with Crippen molar-refractivity contribution in [3.05, 3.63) is 64.3 Å². The number of hydrazone groups is 1. The molecule has 0 unspecified atom stereocenters. The highest BCUT2D eigenvalue weighted by molar-refractivity contribution is 7.21. The highest BCUT2D eigenvalue weighted by atomic mass is 35.5. The second-order valence-electron chi connectivity index (χ2n) is 5.59. The molecule has 0 saturated carbocycles. The maximum atomic E-state index is 12.4. The first kappa shape index (κ1) is 17.4. The SMILES string of the molecule is COc1ccc2c(Cl)c(C(=O)N/N=C\c3cnc4ccccc4n3)sc2c1. The van der Waals surface area contributed by atoms with Gasteiger partial charge in [0.25, 0.3) is 5.91 Å². The number of fused-ring (bicyclic) bond motifs is 2. The number of amides is 1. The summed E-state index contributed by atoms with van der Waals surface area (Å²) in [6, 6.07) is 13.0. The van der Waals surface area contributed by atoms with Gasteiger partial charge < -0.3 is 4.74 Å². The van der Waals surface area contributed by atoms with Crippen molar-refractivity contribution in [2.45, 2.75) is 0 Å². The molecule has 0 aliphatic rings. The Kier molecular flexibility index (Phi) is 4.70. The van der Waals surface area contributed by atoms with Crippen LogP contribution in [-0.4, -0.2) is 29.2 Å². The zero-order valence-electron chi connectivity index (χ0n) is 14.1. The van der Waals surface area contributed by atoms with Crippen LogP contribution in [0, 0.1) is 0 Å². The molecule has 8 heteroatoms. The van der Waals surface area contributed by atoms with Crippen LogP contribution in [0.5, 0.6) is 5.75 Å². The second-order valence-corrected chi connectivity index (χ2v) is 7.02. The molecule has 0 aliphatic carbocycles. The molecule has 0 aliphatic heterocycles. The quantitative estimate of drug-likeness (QED) is 0.413. The number of para-hydroxylation sites is 2. The summed E-state index contributed by atoms with van der Waals surface area (Å²) < 4.78 is 6.07. The molecule has 2 aromatic heterocycles. The molecule has 0 radical (unpaired) electrons. The number of hydrogen-bond donors (Lipinski definition) is 1. The average Bonchev–Trinajstić information content (AvgIpc) is 3.03. The van der Waals surface area contributed by atoms with Gasteiger partial charge in [0.15, 0.2) is 0 Å². The largest absolute Gasteiger partial charge is 0.497 e. The first-order valence-electron chi connectivity index (χ1n) is 7.97. The molecule has 1 N–H and O–H groups in total. The van der Waals surface area contributed by atoms with Crippen molar-refractivity contribution in [1.29, 1.82) is 0 Å². The summed E-state index contributed by atoms with van der Waals surface area (Å²) in [6.45, 7) is 0. The molecule has 4 rings (SSSR count). The minimum Gasteiger partial charge on any atom is -0.497 e. The lowest BCUT2D eigenvalue weighted by molar-refractivity contribution is 0.0959. The molecule has 6 nitrogen and oxygen atoms in total. The van der Waals surface area contributed by atoms with E-state index in [1.54, 1.807) is 19.4 Å². The van der Waals surface area contributed by atoms with Gasteiger partial charge >= 0.3 is 0 Å². The molecule has 1 amide bonds. The zero-order valence-corrected chi connectivity index (χ0v) is 15.7. The molecule has 0 saturated heterocycles. The summed E-state index contributed by atoms with van der Waals surface area (Å²) in [7, 11) is 1.59. The number of benzene rings is 2. The molecular formula is C19H13ClN4O2S. The van der Waals surface area contributed by atoms with Gasteiger partial charge in [-0.3, -0.25) is 9.78 Å². The third-order valence-electron chi connectivity index (χ3n) is 3.87. The van der Waals surface area contributed by atoms with E-state index >= 15 is 0 Å². The highest BCUT2D eigenvalue weighted by Gasteiger charge is 2.17. The molecule has 4 aromatic rings. The first-order valence-corrected chi connectivity index (χ1v) is 9.16. The Balaban J connectivity index is 1.53. The van der Waals surface area contributed by atoms with Crippen LogP contribution in [0.1, 0.15) is 15.4 Å². The number of methoxy groups -OCH3 is 1. The standard InChI is InChI=1S/C19H13ClN4O2S/c1-26-12-6-7-13-16(8-12)27-18(17(13)20)19(25)24-22-10-11-9-21-14-4-2-3-5-15(14)23-11/h2-10H,1H3,(H,24,25)/b22-10-. The Hall–Kier alpha value is -3.03. The normalized spacial score (nSPS) is 11.3. The predicted octanol–water partition coefficient (Wildman–Crippen LogP) is 4.27. The number of carbonyl (C=O) groups is 1. The molecule has 0 spiro atoms. The van der Waals surface area contributed by atoms with E-state index in [2.05, 4.69) is 20.5 Å². The predicted molar refractivity (Wildman–Crippen MR) is 108 cm³/mol. The van der Waals surface area contributed by atoms with Crippen LogP contribution in [0.25, 0.3) is 21.1 Å². The number of hydrogen-bond acceptors (Lipinski definition) is 6. The van der Waals surface area contributed by atoms with Gasteiger partial charge in [-0.2, -0.15) is 5.10 Å². The number of rotatable bonds is 4. The lowest BCUT2D eigenvalue weighted by Crippen LogP contribution is -2.16. The van der Waals surface area contributed by atoms with Crippen molar-refractivity contribution in [1.82, 2.24) is 15.4 Å². The van der Waals surface area contributed by atoms with Crippen molar-refractivity contribution in [3.63, 3.8) is 0 Å². The number of nitrogens with one attached hydrogen (secondary N) is 1. The minimum absolute atomic E-state index is 0.384. The lowest BCUT2D eigenvalue weighted by Gasteiger charge is -1.99. The molecule has 0 atom stereocenters. The fraction of sp³-hybridized carbons (Fsp3) is 0.0526. The molecule has 27 heavy (non-hydrogen) atoms. The van der Waals surface area contributed by atoms with Crippen molar-refractivity contribution >= 4 is 56.2 Å². The summed E-state index contributed by atoms with van der Waals surface area (Å²) in [6.07, 6.45) is 3.04. The third kappa shape index (κ3) is 3.47. The van der Waals surface area contributed by atoms with Gasteiger partial charge in [-0.25, -0.2) is 10.4 Å². The van der Waals surface area contributed by atoms with Crippen molar-refractivity contribution < 1.29 is 9.53 Å². The summed E-state index contributed by atoms with van der Waals surface area (Å²) in [5.74, 6) is 0.324. The number of thiophene rings is 1. The Bertz CT molecular complexity index is 1190. The van der Waals surface area contributed by atoms with Gasteiger partial charge in [-0.15, -0.1) is 11.3 Å². The van der Waals surface area contributed by atoms with Crippen molar-refractivity contribution in [2.24, 2.45) is 5.10 Å². The first-order chi connectivity index (χ1) is 13.2.